The van der Waals surface area contributed by atoms with E-state index >= 15 is 0 Å². The van der Waals surface area contributed by atoms with Crippen LogP contribution in [0.1, 0.15) is 25.5 Å². The summed E-state index contributed by atoms with van der Waals surface area (Å²) in [5, 5.41) is 2.25. The summed E-state index contributed by atoms with van der Waals surface area (Å²) in [6, 6.07) is 10.3. The van der Waals surface area contributed by atoms with E-state index in [-0.39, 0.29) is 5.82 Å². The van der Waals surface area contributed by atoms with Crippen LogP contribution in [0, 0.1) is 5.82 Å². The van der Waals surface area contributed by atoms with E-state index < -0.39 is 0 Å². The Morgan fingerprint density at radius 3 is 2.61 bits per heavy atom. The minimum atomic E-state index is -0.224. The Morgan fingerprint density at radius 2 is 1.89 bits per heavy atom. The highest BCUT2D eigenvalue weighted by Gasteiger charge is 2.05. The van der Waals surface area contributed by atoms with E-state index in [9.17, 15) is 4.39 Å². The normalized spacial score (nSPS) is 10.8. The fourth-order valence-corrected chi connectivity index (χ4v) is 1.85. The zero-order valence-electron chi connectivity index (χ0n) is 10.7. The molecule has 0 saturated heterocycles. The van der Waals surface area contributed by atoms with Crippen LogP contribution in [-0.2, 0) is 6.54 Å². The molecule has 2 rings (SSSR count). The second kappa shape index (κ2) is 6.36. The first-order valence-electron chi connectivity index (χ1n) is 6.46. The predicted molar refractivity (Wildman–Crippen MR) is 69.5 cm³/mol. The molecule has 0 bridgehead atoms. The molecule has 1 aromatic carbocycles. The molecular formula is C15H19FNO+. The Balaban J connectivity index is 1.95. The van der Waals surface area contributed by atoms with Gasteiger partial charge in [0.25, 0.3) is 0 Å². The number of benzene rings is 1. The number of rotatable bonds is 6. The molecule has 96 valence electrons. The summed E-state index contributed by atoms with van der Waals surface area (Å²) in [6.45, 7) is 4.18. The van der Waals surface area contributed by atoms with Gasteiger partial charge in [-0.3, -0.25) is 0 Å². The van der Waals surface area contributed by atoms with E-state index in [1.165, 1.54) is 25.0 Å². The van der Waals surface area contributed by atoms with Crippen molar-refractivity contribution in [2.75, 3.05) is 6.54 Å². The van der Waals surface area contributed by atoms with E-state index in [1.807, 2.05) is 12.1 Å². The summed E-state index contributed by atoms with van der Waals surface area (Å²) in [5.74, 6) is 1.54. The molecule has 1 heterocycles. The lowest BCUT2D eigenvalue weighted by Gasteiger charge is -1.98. The summed E-state index contributed by atoms with van der Waals surface area (Å²) < 4.78 is 18.5. The summed E-state index contributed by atoms with van der Waals surface area (Å²) in [4.78, 5) is 0. The van der Waals surface area contributed by atoms with Crippen molar-refractivity contribution in [3.8, 4) is 11.3 Å². The lowest BCUT2D eigenvalue weighted by atomic mass is 10.2. The lowest BCUT2D eigenvalue weighted by molar-refractivity contribution is -0.672. The van der Waals surface area contributed by atoms with Crippen LogP contribution in [0.5, 0.6) is 0 Å². The molecule has 0 saturated carbocycles. The molecule has 0 fully saturated rings. The Bertz CT molecular complexity index is 475. The first-order chi connectivity index (χ1) is 8.79. The van der Waals surface area contributed by atoms with Crippen LogP contribution < -0.4 is 5.32 Å². The molecule has 18 heavy (non-hydrogen) atoms. The number of hydrogen-bond donors (Lipinski definition) is 1. The van der Waals surface area contributed by atoms with Crippen molar-refractivity contribution in [1.29, 1.82) is 0 Å². The SMILES string of the molecule is CCCC[NH2+]Cc1ccc(-c2ccc(F)cc2)o1. The van der Waals surface area contributed by atoms with Crippen molar-refractivity contribution in [2.24, 2.45) is 0 Å². The molecule has 0 aliphatic heterocycles. The highest BCUT2D eigenvalue weighted by molar-refractivity contribution is 5.57. The number of nitrogens with two attached hydrogens (primary N) is 1. The number of halogens is 1. The molecule has 0 amide bonds. The molecule has 0 spiro atoms. The minimum Gasteiger partial charge on any atom is -0.455 e. The summed E-state index contributed by atoms with van der Waals surface area (Å²) in [7, 11) is 0. The monoisotopic (exact) mass is 248 g/mol. The van der Waals surface area contributed by atoms with Crippen LogP contribution in [-0.4, -0.2) is 6.54 Å². The molecule has 2 aromatic rings. The molecule has 3 heteroatoms. The van der Waals surface area contributed by atoms with E-state index in [0.717, 1.165) is 30.2 Å². The van der Waals surface area contributed by atoms with Gasteiger partial charge in [0.1, 0.15) is 18.1 Å². The van der Waals surface area contributed by atoms with Gasteiger partial charge in [0.15, 0.2) is 5.76 Å². The summed E-state index contributed by atoms with van der Waals surface area (Å²) in [5.41, 5.74) is 0.913. The van der Waals surface area contributed by atoms with Gasteiger partial charge in [0.2, 0.25) is 0 Å². The van der Waals surface area contributed by atoms with Crippen LogP contribution in [0.4, 0.5) is 4.39 Å². The number of quaternary nitrogens is 1. The zero-order chi connectivity index (χ0) is 12.8. The summed E-state index contributed by atoms with van der Waals surface area (Å²) >= 11 is 0. The highest BCUT2D eigenvalue weighted by atomic mass is 19.1. The Labute approximate surface area is 107 Å². The van der Waals surface area contributed by atoms with Crippen molar-refractivity contribution in [2.45, 2.75) is 26.3 Å². The maximum atomic E-state index is 12.8. The van der Waals surface area contributed by atoms with Gasteiger partial charge >= 0.3 is 0 Å². The smallest absolute Gasteiger partial charge is 0.158 e. The topological polar surface area (TPSA) is 29.8 Å². The van der Waals surface area contributed by atoms with E-state index in [2.05, 4.69) is 12.2 Å². The van der Waals surface area contributed by atoms with Crippen LogP contribution >= 0.6 is 0 Å². The molecule has 0 atom stereocenters. The number of unbranched alkanes of at least 4 members (excludes halogenated alkanes) is 1. The van der Waals surface area contributed by atoms with Gasteiger partial charge in [0, 0.05) is 5.56 Å². The van der Waals surface area contributed by atoms with Crippen molar-refractivity contribution >= 4 is 0 Å². The van der Waals surface area contributed by atoms with Crippen molar-refractivity contribution in [1.82, 2.24) is 0 Å². The molecular weight excluding hydrogens is 229 g/mol. The standard InChI is InChI=1S/C15H18FNO/c1-2-3-10-17-11-14-8-9-15(18-14)12-4-6-13(16)7-5-12/h4-9,17H,2-3,10-11H2,1H3/p+1. The fourth-order valence-electron chi connectivity index (χ4n) is 1.85. The third kappa shape index (κ3) is 3.44. The first kappa shape index (κ1) is 12.8. The van der Waals surface area contributed by atoms with Crippen LogP contribution in [0.2, 0.25) is 0 Å². The average Bonchev–Trinajstić information content (AvgIpc) is 2.84. The second-order valence-corrected chi connectivity index (χ2v) is 4.41. The van der Waals surface area contributed by atoms with Gasteiger partial charge in [-0.25, -0.2) is 4.39 Å². The van der Waals surface area contributed by atoms with Gasteiger partial charge in [0.05, 0.1) is 6.54 Å². The maximum Gasteiger partial charge on any atom is 0.158 e. The van der Waals surface area contributed by atoms with Crippen LogP contribution in [0.25, 0.3) is 11.3 Å². The second-order valence-electron chi connectivity index (χ2n) is 4.41. The Kier molecular flexibility index (Phi) is 4.53. The van der Waals surface area contributed by atoms with E-state index in [4.69, 9.17) is 4.42 Å². The Morgan fingerprint density at radius 1 is 1.11 bits per heavy atom. The molecule has 0 aliphatic rings. The van der Waals surface area contributed by atoms with Crippen molar-refractivity contribution in [3.05, 3.63) is 48.0 Å². The number of furan rings is 1. The van der Waals surface area contributed by atoms with Crippen molar-refractivity contribution in [3.63, 3.8) is 0 Å². The molecule has 0 radical (unpaired) electrons. The third-order valence-electron chi connectivity index (χ3n) is 2.90. The van der Waals surface area contributed by atoms with Gasteiger partial charge in [-0.1, -0.05) is 13.3 Å². The minimum absolute atomic E-state index is 0.224. The van der Waals surface area contributed by atoms with Crippen LogP contribution in [0.15, 0.2) is 40.8 Å². The lowest BCUT2D eigenvalue weighted by Crippen LogP contribution is -2.82. The van der Waals surface area contributed by atoms with Gasteiger partial charge in [-0.2, -0.15) is 0 Å². The maximum absolute atomic E-state index is 12.8. The zero-order valence-corrected chi connectivity index (χ0v) is 10.7. The van der Waals surface area contributed by atoms with Gasteiger partial charge in [-0.15, -0.1) is 0 Å². The average molecular weight is 248 g/mol. The molecule has 0 unspecified atom stereocenters. The fraction of sp³-hybridized carbons (Fsp3) is 0.333. The largest absolute Gasteiger partial charge is 0.455 e. The highest BCUT2D eigenvalue weighted by Crippen LogP contribution is 2.21. The van der Waals surface area contributed by atoms with Crippen molar-refractivity contribution < 1.29 is 14.1 Å². The number of hydrogen-bond acceptors (Lipinski definition) is 1. The molecule has 0 aliphatic carbocycles. The van der Waals surface area contributed by atoms with Gasteiger partial charge in [-0.05, 0) is 42.8 Å². The first-order valence-corrected chi connectivity index (χ1v) is 6.46. The molecule has 2 N–H and O–H groups in total. The quantitative estimate of drug-likeness (QED) is 0.783. The molecule has 1 aromatic heterocycles. The third-order valence-corrected chi connectivity index (χ3v) is 2.90. The summed E-state index contributed by atoms with van der Waals surface area (Å²) in [6.07, 6.45) is 2.45. The van der Waals surface area contributed by atoms with E-state index in [1.54, 1.807) is 12.1 Å². The molecule has 2 nitrogen and oxygen atoms in total. The Hall–Kier alpha value is -1.61. The van der Waals surface area contributed by atoms with E-state index in [0.29, 0.717) is 0 Å². The predicted octanol–water partition coefficient (Wildman–Crippen LogP) is 2.95. The van der Waals surface area contributed by atoms with Crippen LogP contribution in [0.3, 0.4) is 0 Å². The van der Waals surface area contributed by atoms with Gasteiger partial charge < -0.3 is 9.73 Å².